The Morgan fingerprint density at radius 1 is 1.11 bits per heavy atom. The van der Waals surface area contributed by atoms with Crippen molar-refractivity contribution in [2.45, 2.75) is 42.8 Å². The van der Waals surface area contributed by atoms with Crippen LogP contribution in [-0.4, -0.2) is 65.8 Å². The SMILES string of the molecule is COc1cc(C2CCCN(C)C2)ccc1Nc1nc(Nc2ccccc2S(=O)(=O)C(C)C)c2nc[nH]c2n1. The molecule has 11 heteroatoms. The number of ether oxygens (including phenoxy) is 1. The van der Waals surface area contributed by atoms with E-state index in [-0.39, 0.29) is 4.90 Å². The summed E-state index contributed by atoms with van der Waals surface area (Å²) >= 11 is 0. The third-order valence-corrected chi connectivity index (χ3v) is 9.12. The number of nitrogens with one attached hydrogen (secondary N) is 3. The van der Waals surface area contributed by atoms with E-state index in [4.69, 9.17) is 4.74 Å². The molecule has 0 amide bonds. The van der Waals surface area contributed by atoms with Gasteiger partial charge in [-0.25, -0.2) is 13.4 Å². The van der Waals surface area contributed by atoms with Gasteiger partial charge in [0.15, 0.2) is 26.8 Å². The van der Waals surface area contributed by atoms with Crippen molar-refractivity contribution in [2.24, 2.45) is 0 Å². The number of hydrogen-bond donors (Lipinski definition) is 3. The predicted molar refractivity (Wildman–Crippen MR) is 149 cm³/mol. The number of benzene rings is 2. The lowest BCUT2D eigenvalue weighted by molar-refractivity contribution is 0.250. The maximum absolute atomic E-state index is 13.0. The van der Waals surface area contributed by atoms with Crippen molar-refractivity contribution in [3.05, 3.63) is 54.4 Å². The van der Waals surface area contributed by atoms with Crippen LogP contribution in [0.15, 0.2) is 53.7 Å². The topological polar surface area (TPSA) is 125 Å². The summed E-state index contributed by atoms with van der Waals surface area (Å²) in [4.78, 5) is 19.2. The van der Waals surface area contributed by atoms with Crippen molar-refractivity contribution >= 4 is 44.1 Å². The second-order valence-corrected chi connectivity index (χ2v) is 12.4. The molecule has 1 fully saturated rings. The van der Waals surface area contributed by atoms with Crippen molar-refractivity contribution in [3.63, 3.8) is 0 Å². The normalized spacial score (nSPS) is 16.6. The van der Waals surface area contributed by atoms with E-state index in [1.165, 1.54) is 18.3 Å². The van der Waals surface area contributed by atoms with Crippen LogP contribution in [0.3, 0.4) is 0 Å². The van der Waals surface area contributed by atoms with Crippen LogP contribution in [0.25, 0.3) is 11.2 Å². The second-order valence-electron chi connectivity index (χ2n) is 9.90. The highest BCUT2D eigenvalue weighted by Crippen LogP contribution is 2.35. The number of aromatic nitrogens is 4. The van der Waals surface area contributed by atoms with Crippen LogP contribution in [0.1, 0.15) is 38.2 Å². The van der Waals surface area contributed by atoms with Crippen LogP contribution >= 0.6 is 0 Å². The number of hydrogen-bond acceptors (Lipinski definition) is 9. The molecule has 0 radical (unpaired) electrons. The summed E-state index contributed by atoms with van der Waals surface area (Å²) < 4.78 is 31.7. The summed E-state index contributed by atoms with van der Waals surface area (Å²) in [6, 6.07) is 13.0. The Balaban J connectivity index is 1.47. The van der Waals surface area contributed by atoms with Crippen LogP contribution in [0.4, 0.5) is 23.1 Å². The van der Waals surface area contributed by atoms with E-state index in [0.717, 1.165) is 25.2 Å². The number of nitrogens with zero attached hydrogens (tertiary/aromatic N) is 4. The maximum Gasteiger partial charge on any atom is 0.231 e. The molecule has 0 spiro atoms. The average molecular weight is 536 g/mol. The van der Waals surface area contributed by atoms with Gasteiger partial charge in [-0.3, -0.25) is 0 Å². The predicted octanol–water partition coefficient (Wildman–Crippen LogP) is 4.84. The van der Waals surface area contributed by atoms with Crippen LogP contribution in [0.5, 0.6) is 5.75 Å². The Hall–Kier alpha value is -3.70. The van der Waals surface area contributed by atoms with Gasteiger partial charge >= 0.3 is 0 Å². The fraction of sp³-hybridized carbons (Fsp3) is 0.370. The summed E-state index contributed by atoms with van der Waals surface area (Å²) in [6.07, 6.45) is 3.86. The Bertz CT molecular complexity index is 1550. The lowest BCUT2D eigenvalue weighted by Crippen LogP contribution is -2.30. The smallest absolute Gasteiger partial charge is 0.231 e. The molecule has 1 aliphatic heterocycles. The molecule has 3 heterocycles. The van der Waals surface area contributed by atoms with Gasteiger partial charge in [-0.05, 0) is 76.0 Å². The van der Waals surface area contributed by atoms with Crippen molar-refractivity contribution in [1.82, 2.24) is 24.8 Å². The third-order valence-electron chi connectivity index (χ3n) is 6.91. The first-order valence-corrected chi connectivity index (χ1v) is 14.3. The minimum atomic E-state index is -3.52. The summed E-state index contributed by atoms with van der Waals surface area (Å²) in [6.45, 7) is 5.48. The Labute approximate surface area is 222 Å². The molecule has 0 saturated carbocycles. The highest BCUT2D eigenvalue weighted by atomic mass is 32.2. The molecule has 1 unspecified atom stereocenters. The average Bonchev–Trinajstić information content (AvgIpc) is 3.38. The Kier molecular flexibility index (Phi) is 7.22. The number of para-hydroxylation sites is 1. The van der Waals surface area contributed by atoms with Crippen molar-refractivity contribution in [2.75, 3.05) is 37.9 Å². The zero-order valence-electron chi connectivity index (χ0n) is 22.0. The molecule has 1 aliphatic rings. The van der Waals surface area contributed by atoms with Crippen LogP contribution in [0, 0.1) is 0 Å². The molecule has 1 atom stereocenters. The minimum Gasteiger partial charge on any atom is -0.495 e. The third kappa shape index (κ3) is 5.16. The number of sulfone groups is 1. The van der Waals surface area contributed by atoms with Gasteiger partial charge in [-0.1, -0.05) is 18.2 Å². The first kappa shape index (κ1) is 25.9. The number of imidazole rings is 1. The number of rotatable bonds is 8. The molecule has 1 saturated heterocycles. The monoisotopic (exact) mass is 535 g/mol. The maximum atomic E-state index is 13.0. The van der Waals surface area contributed by atoms with E-state index in [2.05, 4.69) is 54.6 Å². The van der Waals surface area contributed by atoms with Crippen molar-refractivity contribution in [1.29, 1.82) is 0 Å². The van der Waals surface area contributed by atoms with E-state index in [9.17, 15) is 8.42 Å². The van der Waals surface area contributed by atoms with Crippen LogP contribution in [-0.2, 0) is 9.84 Å². The molecule has 200 valence electrons. The van der Waals surface area contributed by atoms with E-state index in [1.807, 2.05) is 6.07 Å². The van der Waals surface area contributed by atoms with Crippen LogP contribution < -0.4 is 15.4 Å². The molecule has 2 aromatic heterocycles. The lowest BCUT2D eigenvalue weighted by Gasteiger charge is -2.30. The molecule has 5 rings (SSSR count). The summed E-state index contributed by atoms with van der Waals surface area (Å²) in [5.41, 5.74) is 3.41. The zero-order valence-corrected chi connectivity index (χ0v) is 22.8. The number of methoxy groups -OCH3 is 1. The van der Waals surface area contributed by atoms with Gasteiger partial charge in [0.2, 0.25) is 5.95 Å². The van der Waals surface area contributed by atoms with Gasteiger partial charge in [-0.2, -0.15) is 9.97 Å². The van der Waals surface area contributed by atoms with Gasteiger partial charge < -0.3 is 25.3 Å². The highest BCUT2D eigenvalue weighted by molar-refractivity contribution is 7.92. The quantitative estimate of drug-likeness (QED) is 0.291. The number of likely N-dealkylation sites (tertiary alicyclic amines) is 1. The fourth-order valence-electron chi connectivity index (χ4n) is 4.80. The van der Waals surface area contributed by atoms with E-state index < -0.39 is 15.1 Å². The summed E-state index contributed by atoms with van der Waals surface area (Å²) in [7, 11) is 0.284. The number of H-pyrrole nitrogens is 1. The zero-order chi connectivity index (χ0) is 26.9. The van der Waals surface area contributed by atoms with Crippen molar-refractivity contribution in [3.8, 4) is 5.75 Å². The fourth-order valence-corrected chi connectivity index (χ4v) is 6.00. The molecule has 3 N–H and O–H groups in total. The molecule has 0 aliphatic carbocycles. The van der Waals surface area contributed by atoms with Gasteiger partial charge in [0.1, 0.15) is 5.75 Å². The largest absolute Gasteiger partial charge is 0.495 e. The standard InChI is InChI=1S/C27H33N7O3S/c1-17(2)38(35,36)23-10-6-5-9-21(23)30-26-24-25(29-16-28-24)32-27(33-26)31-20-12-11-18(14-22(20)37-4)19-8-7-13-34(3)15-19/h5-6,9-12,14,16-17,19H,7-8,13,15H2,1-4H3,(H3,28,29,30,31,32,33). The molecular formula is C27H33N7O3S. The van der Waals surface area contributed by atoms with E-state index in [1.54, 1.807) is 45.2 Å². The first-order chi connectivity index (χ1) is 18.3. The second kappa shape index (κ2) is 10.6. The van der Waals surface area contributed by atoms with Gasteiger partial charge in [0.05, 0.1) is 35.0 Å². The summed E-state index contributed by atoms with van der Waals surface area (Å²) in [5.74, 6) is 1.86. The molecular weight excluding hydrogens is 502 g/mol. The molecule has 4 aromatic rings. The van der Waals surface area contributed by atoms with Gasteiger partial charge in [-0.15, -0.1) is 0 Å². The van der Waals surface area contributed by atoms with Gasteiger partial charge in [0.25, 0.3) is 0 Å². The van der Waals surface area contributed by atoms with E-state index >= 15 is 0 Å². The number of fused-ring (bicyclic) bond motifs is 1. The number of aromatic amines is 1. The Morgan fingerprint density at radius 2 is 1.92 bits per heavy atom. The molecule has 0 bridgehead atoms. The van der Waals surface area contributed by atoms with Gasteiger partial charge in [0, 0.05) is 6.54 Å². The van der Waals surface area contributed by atoms with Crippen molar-refractivity contribution < 1.29 is 13.2 Å². The molecule has 2 aromatic carbocycles. The van der Waals surface area contributed by atoms with E-state index in [0.29, 0.717) is 40.3 Å². The highest BCUT2D eigenvalue weighted by Gasteiger charge is 2.24. The van der Waals surface area contributed by atoms with Crippen LogP contribution in [0.2, 0.25) is 0 Å². The first-order valence-electron chi connectivity index (χ1n) is 12.7. The number of piperidine rings is 1. The lowest BCUT2D eigenvalue weighted by atomic mass is 9.90. The summed E-state index contributed by atoms with van der Waals surface area (Å²) in [5, 5.41) is 5.89. The number of likely N-dealkylation sites (N-methyl/N-ethyl adjacent to an activating group) is 1. The molecule has 10 nitrogen and oxygen atoms in total. The molecule has 38 heavy (non-hydrogen) atoms. The Morgan fingerprint density at radius 3 is 2.68 bits per heavy atom. The number of anilines is 4. The minimum absolute atomic E-state index is 0.206.